The Kier molecular flexibility index (Phi) is 5.39. The van der Waals surface area contributed by atoms with Crippen molar-refractivity contribution < 1.29 is 14.6 Å². The number of carbonyl (C=O) groups is 1. The van der Waals surface area contributed by atoms with Gasteiger partial charge < -0.3 is 14.7 Å². The van der Waals surface area contributed by atoms with Gasteiger partial charge in [-0.25, -0.2) is 9.78 Å². The highest BCUT2D eigenvalue weighted by molar-refractivity contribution is 7.19. The van der Waals surface area contributed by atoms with Crippen LogP contribution in [0.5, 0.6) is 5.88 Å². The highest BCUT2D eigenvalue weighted by Gasteiger charge is 2.31. The van der Waals surface area contributed by atoms with Crippen LogP contribution in [-0.4, -0.2) is 39.7 Å². The Hall–Kier alpha value is -1.86. The van der Waals surface area contributed by atoms with Crippen molar-refractivity contribution in [2.45, 2.75) is 39.2 Å². The van der Waals surface area contributed by atoms with Crippen LogP contribution in [0.15, 0.2) is 18.2 Å². The molecule has 1 saturated heterocycles. The highest BCUT2D eigenvalue weighted by Crippen LogP contribution is 2.33. The van der Waals surface area contributed by atoms with E-state index in [0.29, 0.717) is 21.9 Å². The van der Waals surface area contributed by atoms with Crippen LogP contribution in [-0.2, 0) is 4.79 Å². The summed E-state index contributed by atoms with van der Waals surface area (Å²) in [6.45, 7) is 6.99. The number of hydrogen-bond donors (Lipinski definition) is 1. The predicted molar refractivity (Wildman–Crippen MR) is 103 cm³/mol. The Labute approximate surface area is 161 Å². The van der Waals surface area contributed by atoms with Crippen molar-refractivity contribution in [2.24, 2.45) is 5.92 Å². The van der Waals surface area contributed by atoms with Crippen LogP contribution < -0.4 is 9.64 Å². The van der Waals surface area contributed by atoms with E-state index in [4.69, 9.17) is 16.3 Å². The molecule has 0 aliphatic carbocycles. The minimum atomic E-state index is -1.38. The Morgan fingerprint density at radius 3 is 2.62 bits per heavy atom. The van der Waals surface area contributed by atoms with Crippen LogP contribution in [0, 0.1) is 5.92 Å². The molecule has 1 aliphatic heterocycles. The maximum atomic E-state index is 11.4. The molecule has 0 aromatic carbocycles. The first-order valence-electron chi connectivity index (χ1n) is 8.57. The van der Waals surface area contributed by atoms with E-state index in [2.05, 4.69) is 21.8 Å². The molecular formula is C18H22ClN3O3S. The summed E-state index contributed by atoms with van der Waals surface area (Å²) in [6, 6.07) is 5.38. The molecule has 1 N–H and O–H groups in total. The first kappa shape index (κ1) is 18.9. The summed E-state index contributed by atoms with van der Waals surface area (Å²) in [6.07, 6.45) is 2.16. The smallest absolute Gasteiger partial charge is 0.347 e. The summed E-state index contributed by atoms with van der Waals surface area (Å²) in [7, 11) is 0. The average Bonchev–Trinajstić information content (AvgIpc) is 3.01. The Bertz CT molecular complexity index is 801. The molecule has 0 atom stereocenters. The molecule has 2 aromatic rings. The predicted octanol–water partition coefficient (Wildman–Crippen LogP) is 4.34. The van der Waals surface area contributed by atoms with Crippen molar-refractivity contribution in [3.63, 3.8) is 0 Å². The lowest BCUT2D eigenvalue weighted by atomic mass is 10.00. The van der Waals surface area contributed by atoms with E-state index in [0.717, 1.165) is 30.8 Å². The Morgan fingerprint density at radius 2 is 2.04 bits per heavy atom. The second kappa shape index (κ2) is 7.40. The molecule has 0 unspecified atom stereocenters. The van der Waals surface area contributed by atoms with Gasteiger partial charge in [0.15, 0.2) is 0 Å². The van der Waals surface area contributed by atoms with Crippen LogP contribution in [0.3, 0.4) is 0 Å². The molecule has 1 fully saturated rings. The average molecular weight is 396 g/mol. The van der Waals surface area contributed by atoms with E-state index in [-0.39, 0.29) is 5.88 Å². The van der Waals surface area contributed by atoms with E-state index in [9.17, 15) is 9.90 Å². The van der Waals surface area contributed by atoms with E-state index >= 15 is 0 Å². The van der Waals surface area contributed by atoms with Gasteiger partial charge >= 0.3 is 5.97 Å². The van der Waals surface area contributed by atoms with Crippen LogP contribution in [0.1, 0.15) is 33.6 Å². The van der Waals surface area contributed by atoms with Gasteiger partial charge in [0.05, 0.1) is 14.9 Å². The van der Waals surface area contributed by atoms with Gasteiger partial charge in [0.1, 0.15) is 0 Å². The molecule has 0 bridgehead atoms. The minimum Gasteiger partial charge on any atom is -0.478 e. The zero-order valence-corrected chi connectivity index (χ0v) is 16.6. The van der Waals surface area contributed by atoms with Crippen molar-refractivity contribution in [1.29, 1.82) is 0 Å². The summed E-state index contributed by atoms with van der Waals surface area (Å²) in [4.78, 5) is 23.6. The molecule has 3 rings (SSSR count). The topological polar surface area (TPSA) is 75.6 Å². The van der Waals surface area contributed by atoms with Gasteiger partial charge in [0, 0.05) is 19.2 Å². The molecule has 0 spiro atoms. The quantitative estimate of drug-likeness (QED) is 0.811. The number of rotatable bonds is 5. The Balaban J connectivity index is 1.98. The number of piperidine rings is 1. The normalized spacial score (nSPS) is 15.9. The van der Waals surface area contributed by atoms with Crippen LogP contribution in [0.2, 0.25) is 4.34 Å². The van der Waals surface area contributed by atoms with Crippen LogP contribution in [0.25, 0.3) is 10.6 Å². The van der Waals surface area contributed by atoms with Crippen molar-refractivity contribution >= 4 is 34.9 Å². The summed E-state index contributed by atoms with van der Waals surface area (Å²) in [5, 5.41) is 9.35. The van der Waals surface area contributed by atoms with Crippen molar-refractivity contribution in [3.05, 3.63) is 22.5 Å². The zero-order valence-electron chi connectivity index (χ0n) is 15.0. The standard InChI is InChI=1S/C18H22ClN3O3S/c1-11-6-8-22(9-7-11)17-20-12(13-4-5-14(19)26-13)10-15(21-17)25-18(2,3)16(23)24/h4-5,10-11H,6-9H2,1-3H3,(H,23,24). The van der Waals surface area contributed by atoms with Gasteiger partial charge in [0.2, 0.25) is 17.4 Å². The van der Waals surface area contributed by atoms with Crippen molar-refractivity contribution in [1.82, 2.24) is 9.97 Å². The second-order valence-electron chi connectivity index (χ2n) is 7.08. The van der Waals surface area contributed by atoms with Crippen molar-refractivity contribution in [3.8, 4) is 16.5 Å². The number of hydrogen-bond acceptors (Lipinski definition) is 6. The number of carboxylic acid groups (broad SMARTS) is 1. The number of aromatic nitrogens is 2. The molecule has 0 amide bonds. The number of carboxylic acids is 1. The number of nitrogens with zero attached hydrogens (tertiary/aromatic N) is 3. The van der Waals surface area contributed by atoms with Crippen LogP contribution in [0.4, 0.5) is 5.95 Å². The van der Waals surface area contributed by atoms with Crippen LogP contribution >= 0.6 is 22.9 Å². The maximum Gasteiger partial charge on any atom is 0.347 e. The van der Waals surface area contributed by atoms with Crippen molar-refractivity contribution in [2.75, 3.05) is 18.0 Å². The largest absolute Gasteiger partial charge is 0.478 e. The lowest BCUT2D eigenvalue weighted by Gasteiger charge is -2.31. The van der Waals surface area contributed by atoms with E-state index < -0.39 is 11.6 Å². The molecule has 140 valence electrons. The molecule has 0 saturated carbocycles. The van der Waals surface area contributed by atoms with E-state index in [1.165, 1.54) is 25.2 Å². The van der Waals surface area contributed by atoms with Gasteiger partial charge in [-0.2, -0.15) is 4.98 Å². The summed E-state index contributed by atoms with van der Waals surface area (Å²) in [5.74, 6) is 0.452. The first-order valence-corrected chi connectivity index (χ1v) is 9.76. The maximum absolute atomic E-state index is 11.4. The SMILES string of the molecule is CC1CCN(c2nc(OC(C)(C)C(=O)O)cc(-c3ccc(Cl)s3)n2)CC1. The second-order valence-corrected chi connectivity index (χ2v) is 8.80. The summed E-state index contributed by atoms with van der Waals surface area (Å²) < 4.78 is 6.35. The van der Waals surface area contributed by atoms with E-state index in [1.807, 2.05) is 12.1 Å². The Morgan fingerprint density at radius 1 is 1.35 bits per heavy atom. The third kappa shape index (κ3) is 4.27. The minimum absolute atomic E-state index is 0.251. The molecular weight excluding hydrogens is 374 g/mol. The van der Waals surface area contributed by atoms with E-state index in [1.54, 1.807) is 6.07 Å². The monoisotopic (exact) mass is 395 g/mol. The fourth-order valence-corrected chi connectivity index (χ4v) is 3.70. The zero-order chi connectivity index (χ0) is 18.9. The molecule has 2 aromatic heterocycles. The molecule has 1 aliphatic rings. The fourth-order valence-electron chi connectivity index (χ4n) is 2.70. The third-order valence-electron chi connectivity index (χ3n) is 4.46. The van der Waals surface area contributed by atoms with Gasteiger partial charge in [-0.1, -0.05) is 18.5 Å². The lowest BCUT2D eigenvalue weighted by Crippen LogP contribution is -2.38. The number of anilines is 1. The molecule has 26 heavy (non-hydrogen) atoms. The molecule has 6 nitrogen and oxygen atoms in total. The van der Waals surface area contributed by atoms with Gasteiger partial charge in [-0.15, -0.1) is 11.3 Å². The third-order valence-corrected chi connectivity index (χ3v) is 5.71. The first-order chi connectivity index (χ1) is 12.2. The number of halogens is 1. The highest BCUT2D eigenvalue weighted by atomic mass is 35.5. The number of aliphatic carboxylic acids is 1. The summed E-state index contributed by atoms with van der Waals surface area (Å²) >= 11 is 7.47. The molecule has 3 heterocycles. The fraction of sp³-hybridized carbons (Fsp3) is 0.500. The van der Waals surface area contributed by atoms with Gasteiger partial charge in [-0.05, 0) is 44.7 Å². The lowest BCUT2D eigenvalue weighted by molar-refractivity contribution is -0.152. The number of thiophene rings is 1. The molecule has 8 heteroatoms. The number of ether oxygens (including phenoxy) is 1. The van der Waals surface area contributed by atoms with Gasteiger partial charge in [-0.3, -0.25) is 0 Å². The summed E-state index contributed by atoms with van der Waals surface area (Å²) in [5.41, 5.74) is -0.700. The molecule has 0 radical (unpaired) electrons. The van der Waals surface area contributed by atoms with Gasteiger partial charge in [0.25, 0.3) is 0 Å².